The molecule has 6 heteroatoms. The first kappa shape index (κ1) is 21.4. The molecule has 2 amide bonds. The molecule has 1 saturated carbocycles. The van der Waals surface area contributed by atoms with Crippen LogP contribution >= 0.6 is 0 Å². The molecule has 6 nitrogen and oxygen atoms in total. The fraction of sp³-hybridized carbons (Fsp3) is 0.464. The number of hydrogen-bond donors (Lipinski definition) is 1. The van der Waals surface area contributed by atoms with E-state index in [4.69, 9.17) is 4.98 Å². The van der Waals surface area contributed by atoms with Crippen molar-refractivity contribution in [3.05, 3.63) is 59.9 Å². The molecule has 6 rings (SSSR count). The van der Waals surface area contributed by atoms with E-state index in [1.54, 1.807) is 0 Å². The summed E-state index contributed by atoms with van der Waals surface area (Å²) in [5, 5.41) is 0. The zero-order chi connectivity index (χ0) is 23.1. The fourth-order valence-electron chi connectivity index (χ4n) is 6.26. The molecule has 176 valence electrons. The summed E-state index contributed by atoms with van der Waals surface area (Å²) >= 11 is 0. The maximum absolute atomic E-state index is 13.6. The van der Waals surface area contributed by atoms with E-state index < -0.39 is 0 Å². The lowest BCUT2D eigenvalue weighted by molar-refractivity contribution is -0.143. The molecule has 0 radical (unpaired) electrons. The number of piperidine rings is 1. The number of aromatic amines is 1. The summed E-state index contributed by atoms with van der Waals surface area (Å²) < 4.78 is 0. The first-order valence-corrected chi connectivity index (χ1v) is 12.8. The zero-order valence-corrected chi connectivity index (χ0v) is 19.6. The van der Waals surface area contributed by atoms with Gasteiger partial charge in [-0.1, -0.05) is 43.2 Å². The number of fused-ring (bicyclic) bond motifs is 2. The molecule has 2 aliphatic heterocycles. The highest BCUT2D eigenvalue weighted by molar-refractivity contribution is 5.99. The number of para-hydroxylation sites is 3. The van der Waals surface area contributed by atoms with E-state index in [1.807, 2.05) is 46.2 Å². The van der Waals surface area contributed by atoms with E-state index in [-0.39, 0.29) is 23.7 Å². The van der Waals surface area contributed by atoms with Gasteiger partial charge in [0.05, 0.1) is 17.0 Å². The van der Waals surface area contributed by atoms with Gasteiger partial charge in [0.2, 0.25) is 11.8 Å². The number of amides is 2. The van der Waals surface area contributed by atoms with Gasteiger partial charge < -0.3 is 14.8 Å². The van der Waals surface area contributed by atoms with Crippen LogP contribution in [0, 0.1) is 11.8 Å². The Morgan fingerprint density at radius 1 is 0.824 bits per heavy atom. The number of carbonyl (C=O) groups is 2. The lowest BCUT2D eigenvalue weighted by atomic mass is 9.77. The van der Waals surface area contributed by atoms with Gasteiger partial charge >= 0.3 is 0 Å². The SMILES string of the molecule is O=C([C@@H]1CCCC[C@H]1C(=O)N1CCc2ccccc21)N1CCC(c2nc3ccccc3[nH]2)CC1. The second-order valence-corrected chi connectivity index (χ2v) is 10.1. The van der Waals surface area contributed by atoms with Crippen molar-refractivity contribution in [1.29, 1.82) is 0 Å². The summed E-state index contributed by atoms with van der Waals surface area (Å²) in [7, 11) is 0. The van der Waals surface area contributed by atoms with Crippen LogP contribution in [-0.2, 0) is 16.0 Å². The van der Waals surface area contributed by atoms with Crippen LogP contribution in [0.5, 0.6) is 0 Å². The van der Waals surface area contributed by atoms with Crippen molar-refractivity contribution in [2.24, 2.45) is 11.8 Å². The molecule has 0 unspecified atom stereocenters. The van der Waals surface area contributed by atoms with Crippen LogP contribution in [-0.4, -0.2) is 46.3 Å². The minimum Gasteiger partial charge on any atom is -0.342 e. The molecule has 2 fully saturated rings. The van der Waals surface area contributed by atoms with Crippen molar-refractivity contribution in [2.75, 3.05) is 24.5 Å². The topological polar surface area (TPSA) is 69.3 Å². The van der Waals surface area contributed by atoms with Gasteiger partial charge in [-0.3, -0.25) is 9.59 Å². The zero-order valence-electron chi connectivity index (χ0n) is 19.6. The van der Waals surface area contributed by atoms with Gasteiger partial charge in [0.1, 0.15) is 5.82 Å². The minimum absolute atomic E-state index is 0.153. The van der Waals surface area contributed by atoms with E-state index in [0.29, 0.717) is 5.92 Å². The number of imidazole rings is 1. The van der Waals surface area contributed by atoms with Gasteiger partial charge in [-0.15, -0.1) is 0 Å². The molecular weight excluding hydrogens is 424 g/mol. The van der Waals surface area contributed by atoms with Crippen LogP contribution in [0.2, 0.25) is 0 Å². The van der Waals surface area contributed by atoms with Gasteiger partial charge in [-0.2, -0.15) is 0 Å². The number of benzene rings is 2. The van der Waals surface area contributed by atoms with E-state index in [9.17, 15) is 9.59 Å². The molecule has 3 heterocycles. The Morgan fingerprint density at radius 2 is 1.53 bits per heavy atom. The Hall–Kier alpha value is -3.15. The van der Waals surface area contributed by atoms with Crippen molar-refractivity contribution in [3.8, 4) is 0 Å². The third kappa shape index (κ3) is 3.79. The second kappa shape index (κ2) is 8.90. The fourth-order valence-corrected chi connectivity index (χ4v) is 6.26. The number of H-pyrrole nitrogens is 1. The highest BCUT2D eigenvalue weighted by atomic mass is 16.2. The summed E-state index contributed by atoms with van der Waals surface area (Å²) in [5.74, 6) is 1.35. The van der Waals surface area contributed by atoms with Crippen LogP contribution in [0.1, 0.15) is 55.8 Å². The molecule has 1 saturated heterocycles. The molecule has 1 aliphatic carbocycles. The van der Waals surface area contributed by atoms with Crippen LogP contribution in [0.3, 0.4) is 0 Å². The Kier molecular flexibility index (Phi) is 5.60. The first-order valence-electron chi connectivity index (χ1n) is 12.8. The number of nitrogens with one attached hydrogen (secondary N) is 1. The van der Waals surface area contributed by atoms with E-state index in [2.05, 4.69) is 17.1 Å². The molecule has 2 atom stereocenters. The monoisotopic (exact) mass is 456 g/mol. The first-order chi connectivity index (χ1) is 16.7. The maximum atomic E-state index is 13.6. The number of nitrogens with zero attached hydrogens (tertiary/aromatic N) is 3. The van der Waals surface area contributed by atoms with Crippen LogP contribution in [0.15, 0.2) is 48.5 Å². The average Bonchev–Trinajstić information content (AvgIpc) is 3.52. The van der Waals surface area contributed by atoms with Crippen LogP contribution < -0.4 is 4.90 Å². The van der Waals surface area contributed by atoms with Gasteiger partial charge in [-0.25, -0.2) is 4.98 Å². The Morgan fingerprint density at radius 3 is 2.32 bits per heavy atom. The lowest BCUT2D eigenvalue weighted by Crippen LogP contribution is -2.48. The van der Waals surface area contributed by atoms with E-state index in [1.165, 1.54) is 5.56 Å². The van der Waals surface area contributed by atoms with Crippen molar-refractivity contribution in [1.82, 2.24) is 14.9 Å². The third-order valence-electron chi connectivity index (χ3n) is 8.15. The van der Waals surface area contributed by atoms with Gasteiger partial charge in [0.25, 0.3) is 0 Å². The predicted octanol–water partition coefficient (Wildman–Crippen LogP) is 4.66. The van der Waals surface area contributed by atoms with Gasteiger partial charge in [0, 0.05) is 37.2 Å². The van der Waals surface area contributed by atoms with Crippen LogP contribution in [0.25, 0.3) is 11.0 Å². The Bertz CT molecular complexity index is 1180. The molecule has 0 bridgehead atoms. The number of hydrogen-bond acceptors (Lipinski definition) is 3. The summed E-state index contributed by atoms with van der Waals surface area (Å²) in [4.78, 5) is 39.5. The molecule has 3 aromatic rings. The molecule has 0 spiro atoms. The normalized spacial score (nSPS) is 23.3. The third-order valence-corrected chi connectivity index (χ3v) is 8.15. The summed E-state index contributed by atoms with van der Waals surface area (Å²) in [5.41, 5.74) is 4.35. The lowest BCUT2D eigenvalue weighted by Gasteiger charge is -2.38. The standard InChI is InChI=1S/C28H32N4O2/c33-27(31-16-13-20(14-17-31)26-29-23-10-4-5-11-24(23)30-26)21-8-2-3-9-22(21)28(34)32-18-15-19-7-1-6-12-25(19)32/h1,4-7,10-12,20-22H,2-3,8-9,13-18H2,(H,29,30)/t21-,22-/m1/s1. The molecular formula is C28H32N4O2. The number of likely N-dealkylation sites (tertiary alicyclic amines) is 1. The summed E-state index contributed by atoms with van der Waals surface area (Å²) in [6, 6.07) is 16.3. The molecule has 1 N–H and O–H groups in total. The smallest absolute Gasteiger partial charge is 0.230 e. The molecule has 2 aromatic carbocycles. The van der Waals surface area contributed by atoms with Crippen molar-refractivity contribution in [2.45, 2.75) is 50.9 Å². The second-order valence-electron chi connectivity index (χ2n) is 10.1. The molecule has 1 aromatic heterocycles. The average molecular weight is 457 g/mol. The van der Waals surface area contributed by atoms with Crippen molar-refractivity contribution >= 4 is 28.5 Å². The van der Waals surface area contributed by atoms with Gasteiger partial charge in [-0.05, 0) is 55.9 Å². The highest BCUT2D eigenvalue weighted by Gasteiger charge is 2.41. The summed E-state index contributed by atoms with van der Waals surface area (Å²) in [6.07, 6.45) is 6.45. The van der Waals surface area contributed by atoms with E-state index >= 15 is 0 Å². The minimum atomic E-state index is -0.194. The largest absolute Gasteiger partial charge is 0.342 e. The predicted molar refractivity (Wildman–Crippen MR) is 133 cm³/mol. The maximum Gasteiger partial charge on any atom is 0.230 e. The summed E-state index contributed by atoms with van der Waals surface area (Å²) in [6.45, 7) is 2.22. The quantitative estimate of drug-likeness (QED) is 0.623. The number of aromatic nitrogens is 2. The number of carbonyl (C=O) groups excluding carboxylic acids is 2. The Labute approximate surface area is 200 Å². The van der Waals surface area contributed by atoms with Crippen LogP contribution in [0.4, 0.5) is 5.69 Å². The highest BCUT2D eigenvalue weighted by Crippen LogP contribution is 2.37. The van der Waals surface area contributed by atoms with Gasteiger partial charge in [0.15, 0.2) is 0 Å². The van der Waals surface area contributed by atoms with Crippen molar-refractivity contribution in [3.63, 3.8) is 0 Å². The molecule has 34 heavy (non-hydrogen) atoms. The van der Waals surface area contributed by atoms with E-state index in [0.717, 1.165) is 87.1 Å². The Balaban J connectivity index is 1.13. The molecule has 3 aliphatic rings. The number of anilines is 1. The number of rotatable bonds is 3. The van der Waals surface area contributed by atoms with Crippen molar-refractivity contribution < 1.29 is 9.59 Å².